The number of amidine groups is 1. The number of oxime groups is 1. The lowest BCUT2D eigenvalue weighted by atomic mass is 9.96. The number of nitrogens with zero attached hydrogens (tertiary/aromatic N) is 3. The Morgan fingerprint density at radius 3 is 3.10 bits per heavy atom. The number of rotatable bonds is 4. The van der Waals surface area contributed by atoms with Gasteiger partial charge in [-0.2, -0.15) is 0 Å². The van der Waals surface area contributed by atoms with E-state index in [0.29, 0.717) is 5.56 Å². The SMILES string of the molecule is CCCC1CCCN(c2ncccc2C(N)=NO)CC1. The van der Waals surface area contributed by atoms with E-state index in [-0.39, 0.29) is 5.84 Å². The topological polar surface area (TPSA) is 74.7 Å². The average Bonchev–Trinajstić information content (AvgIpc) is 2.72. The first-order chi connectivity index (χ1) is 9.76. The third-order valence-corrected chi connectivity index (χ3v) is 4.01. The highest BCUT2D eigenvalue weighted by atomic mass is 16.4. The fraction of sp³-hybridized carbons (Fsp3) is 0.600. The molecule has 110 valence electrons. The molecule has 20 heavy (non-hydrogen) atoms. The van der Waals surface area contributed by atoms with Crippen molar-refractivity contribution in [1.82, 2.24) is 4.98 Å². The van der Waals surface area contributed by atoms with Crippen LogP contribution in [0.5, 0.6) is 0 Å². The second kappa shape index (κ2) is 7.12. The van der Waals surface area contributed by atoms with Gasteiger partial charge < -0.3 is 15.8 Å². The van der Waals surface area contributed by atoms with Gasteiger partial charge in [0.1, 0.15) is 5.82 Å². The molecule has 0 bridgehead atoms. The third kappa shape index (κ3) is 3.40. The van der Waals surface area contributed by atoms with E-state index in [1.165, 1.54) is 32.1 Å². The van der Waals surface area contributed by atoms with Gasteiger partial charge in [0.05, 0.1) is 5.56 Å². The molecule has 0 amide bonds. The lowest BCUT2D eigenvalue weighted by Crippen LogP contribution is -2.28. The summed E-state index contributed by atoms with van der Waals surface area (Å²) >= 11 is 0. The van der Waals surface area contributed by atoms with Gasteiger partial charge in [0.15, 0.2) is 5.84 Å². The Balaban J connectivity index is 2.15. The van der Waals surface area contributed by atoms with Gasteiger partial charge >= 0.3 is 0 Å². The van der Waals surface area contributed by atoms with Crippen molar-refractivity contribution in [3.8, 4) is 0 Å². The summed E-state index contributed by atoms with van der Waals surface area (Å²) in [6, 6.07) is 3.67. The first kappa shape index (κ1) is 14.6. The zero-order chi connectivity index (χ0) is 14.4. The third-order valence-electron chi connectivity index (χ3n) is 4.01. The normalized spacial score (nSPS) is 20.8. The minimum absolute atomic E-state index is 0.127. The summed E-state index contributed by atoms with van der Waals surface area (Å²) < 4.78 is 0. The van der Waals surface area contributed by atoms with Crippen LogP contribution in [0, 0.1) is 5.92 Å². The Bertz CT molecular complexity index is 461. The van der Waals surface area contributed by atoms with Crippen LogP contribution >= 0.6 is 0 Å². The van der Waals surface area contributed by atoms with Crippen LogP contribution in [-0.4, -0.2) is 29.1 Å². The van der Waals surface area contributed by atoms with E-state index in [2.05, 4.69) is 22.0 Å². The summed E-state index contributed by atoms with van der Waals surface area (Å²) in [5.41, 5.74) is 6.46. The molecule has 1 unspecified atom stereocenters. The van der Waals surface area contributed by atoms with Crippen molar-refractivity contribution in [2.75, 3.05) is 18.0 Å². The van der Waals surface area contributed by atoms with E-state index < -0.39 is 0 Å². The molecule has 1 fully saturated rings. The van der Waals surface area contributed by atoms with Crippen LogP contribution < -0.4 is 10.6 Å². The van der Waals surface area contributed by atoms with Gasteiger partial charge in [0.25, 0.3) is 0 Å². The van der Waals surface area contributed by atoms with Gasteiger partial charge in [-0.3, -0.25) is 0 Å². The molecule has 0 spiro atoms. The molecule has 0 saturated carbocycles. The number of hydrogen-bond donors (Lipinski definition) is 2. The van der Waals surface area contributed by atoms with E-state index in [1.807, 2.05) is 12.1 Å². The number of hydrogen-bond acceptors (Lipinski definition) is 4. The molecule has 5 nitrogen and oxygen atoms in total. The van der Waals surface area contributed by atoms with Crippen molar-refractivity contribution >= 4 is 11.7 Å². The molecule has 1 aliphatic rings. The van der Waals surface area contributed by atoms with Crippen molar-refractivity contribution in [3.63, 3.8) is 0 Å². The van der Waals surface area contributed by atoms with Crippen LogP contribution in [-0.2, 0) is 0 Å². The summed E-state index contributed by atoms with van der Waals surface area (Å²) in [5.74, 6) is 1.78. The van der Waals surface area contributed by atoms with Crippen LogP contribution in [0.2, 0.25) is 0 Å². The fourth-order valence-electron chi connectivity index (χ4n) is 2.98. The molecule has 1 aromatic rings. The van der Waals surface area contributed by atoms with Crippen LogP contribution in [0.15, 0.2) is 23.5 Å². The van der Waals surface area contributed by atoms with Crippen molar-refractivity contribution in [1.29, 1.82) is 0 Å². The Morgan fingerprint density at radius 1 is 1.50 bits per heavy atom. The van der Waals surface area contributed by atoms with Gasteiger partial charge in [-0.15, -0.1) is 0 Å². The van der Waals surface area contributed by atoms with Gasteiger partial charge in [0, 0.05) is 19.3 Å². The maximum Gasteiger partial charge on any atom is 0.173 e. The molecule has 0 aromatic carbocycles. The molecule has 1 aromatic heterocycles. The molecule has 2 rings (SSSR count). The summed E-state index contributed by atoms with van der Waals surface area (Å²) in [6.07, 6.45) is 7.98. The maximum absolute atomic E-state index is 8.90. The van der Waals surface area contributed by atoms with Gasteiger partial charge in [-0.25, -0.2) is 4.98 Å². The highest BCUT2D eigenvalue weighted by molar-refractivity contribution is 6.01. The van der Waals surface area contributed by atoms with Crippen LogP contribution in [0.4, 0.5) is 5.82 Å². The first-order valence-electron chi connectivity index (χ1n) is 7.44. The Hall–Kier alpha value is -1.78. The molecule has 1 saturated heterocycles. The van der Waals surface area contributed by atoms with Gasteiger partial charge in [-0.05, 0) is 37.3 Å². The van der Waals surface area contributed by atoms with E-state index >= 15 is 0 Å². The minimum atomic E-state index is 0.127. The minimum Gasteiger partial charge on any atom is -0.409 e. The standard InChI is InChI=1S/C15H24N4O/c1-2-5-12-6-4-10-19(11-8-12)15-13(14(16)18-20)7-3-9-17-15/h3,7,9,12,20H,2,4-6,8,10-11H2,1H3,(H2,16,18). The van der Waals surface area contributed by atoms with Gasteiger partial charge in [-0.1, -0.05) is 24.9 Å². The summed E-state index contributed by atoms with van der Waals surface area (Å²) in [5, 5.41) is 12.0. The second-order valence-electron chi connectivity index (χ2n) is 5.43. The van der Waals surface area contributed by atoms with E-state index in [0.717, 1.165) is 24.8 Å². The smallest absolute Gasteiger partial charge is 0.173 e. The average molecular weight is 276 g/mol. The molecular formula is C15H24N4O. The van der Waals surface area contributed by atoms with Crippen LogP contribution in [0.3, 0.4) is 0 Å². The summed E-state index contributed by atoms with van der Waals surface area (Å²) in [4.78, 5) is 6.70. The van der Waals surface area contributed by atoms with E-state index in [4.69, 9.17) is 10.9 Å². The molecule has 3 N–H and O–H groups in total. The maximum atomic E-state index is 8.90. The Morgan fingerprint density at radius 2 is 2.35 bits per heavy atom. The van der Waals surface area contributed by atoms with E-state index in [9.17, 15) is 0 Å². The zero-order valence-corrected chi connectivity index (χ0v) is 12.1. The lowest BCUT2D eigenvalue weighted by Gasteiger charge is -2.23. The molecule has 1 aliphatic heterocycles. The Labute approximate surface area is 120 Å². The number of anilines is 1. The van der Waals surface area contributed by atoms with Crippen molar-refractivity contribution < 1.29 is 5.21 Å². The highest BCUT2D eigenvalue weighted by Gasteiger charge is 2.20. The highest BCUT2D eigenvalue weighted by Crippen LogP contribution is 2.26. The molecule has 5 heteroatoms. The number of nitrogens with two attached hydrogens (primary N) is 1. The predicted octanol–water partition coefficient (Wildman–Crippen LogP) is 2.58. The molecular weight excluding hydrogens is 252 g/mol. The monoisotopic (exact) mass is 276 g/mol. The fourth-order valence-corrected chi connectivity index (χ4v) is 2.98. The lowest BCUT2D eigenvalue weighted by molar-refractivity contribution is 0.318. The van der Waals surface area contributed by atoms with Crippen molar-refractivity contribution in [2.24, 2.45) is 16.8 Å². The van der Waals surface area contributed by atoms with Crippen molar-refractivity contribution in [3.05, 3.63) is 23.9 Å². The molecule has 0 radical (unpaired) electrons. The van der Waals surface area contributed by atoms with Crippen LogP contribution in [0.25, 0.3) is 0 Å². The number of aromatic nitrogens is 1. The van der Waals surface area contributed by atoms with Crippen LogP contribution in [0.1, 0.15) is 44.6 Å². The largest absolute Gasteiger partial charge is 0.409 e. The summed E-state index contributed by atoms with van der Waals surface area (Å²) in [7, 11) is 0. The predicted molar refractivity (Wildman–Crippen MR) is 81.2 cm³/mol. The Kier molecular flexibility index (Phi) is 5.21. The first-order valence-corrected chi connectivity index (χ1v) is 7.44. The number of pyridine rings is 1. The quantitative estimate of drug-likeness (QED) is 0.383. The zero-order valence-electron chi connectivity index (χ0n) is 12.1. The molecule has 0 aliphatic carbocycles. The summed E-state index contributed by atoms with van der Waals surface area (Å²) in [6.45, 7) is 4.23. The van der Waals surface area contributed by atoms with E-state index in [1.54, 1.807) is 6.20 Å². The molecule has 1 atom stereocenters. The second-order valence-corrected chi connectivity index (χ2v) is 5.43. The van der Waals surface area contributed by atoms with Gasteiger partial charge in [0.2, 0.25) is 0 Å². The molecule has 2 heterocycles. The van der Waals surface area contributed by atoms with Crippen molar-refractivity contribution in [2.45, 2.75) is 39.0 Å².